The number of hydrogen-bond donors (Lipinski definition) is 4. The number of nitrogens with two attached hydrogens (primary N) is 1. The highest BCUT2D eigenvalue weighted by Crippen LogP contribution is 2.47. The third-order valence-corrected chi connectivity index (χ3v) is 6.69. The maximum Gasteiger partial charge on any atom is 0.338 e. The molecule has 10 heteroatoms. The minimum Gasteiger partial charge on any atom is -0.481 e. The van der Waals surface area contributed by atoms with Crippen molar-refractivity contribution < 1.29 is 34.0 Å². The molecule has 5 N–H and O–H groups in total. The van der Waals surface area contributed by atoms with E-state index in [1.54, 1.807) is 11.9 Å². The average molecular weight is 530 g/mol. The fraction of sp³-hybridized carbons (Fsp3) is 0.429. The maximum absolute atomic E-state index is 13.9. The fourth-order valence-corrected chi connectivity index (χ4v) is 5.19. The molecule has 2 aromatic carbocycles. The van der Waals surface area contributed by atoms with E-state index in [1.165, 1.54) is 29.3 Å². The van der Waals surface area contributed by atoms with Gasteiger partial charge in [0.25, 0.3) is 0 Å². The molecule has 0 saturated carbocycles. The molecule has 0 aromatic heterocycles. The largest absolute Gasteiger partial charge is 0.481 e. The van der Waals surface area contributed by atoms with Crippen LogP contribution in [0.4, 0.5) is 14.9 Å². The van der Waals surface area contributed by atoms with Gasteiger partial charge in [0, 0.05) is 24.1 Å². The zero-order valence-electron chi connectivity index (χ0n) is 22.1. The quantitative estimate of drug-likeness (QED) is 0.348. The van der Waals surface area contributed by atoms with E-state index < -0.39 is 42.2 Å². The monoisotopic (exact) mass is 529 g/mol. The van der Waals surface area contributed by atoms with Gasteiger partial charge in [-0.1, -0.05) is 38.1 Å². The lowest BCUT2D eigenvalue weighted by molar-refractivity contribution is -0.140. The second kappa shape index (κ2) is 11.9. The van der Waals surface area contributed by atoms with Gasteiger partial charge in [-0.05, 0) is 55.2 Å². The first-order valence-electron chi connectivity index (χ1n) is 12.5. The van der Waals surface area contributed by atoms with Crippen molar-refractivity contribution in [1.82, 2.24) is 5.01 Å². The van der Waals surface area contributed by atoms with E-state index in [9.17, 15) is 24.2 Å². The predicted molar refractivity (Wildman–Crippen MR) is 140 cm³/mol. The number of aliphatic hydroxyl groups excluding tert-OH is 2. The molecule has 0 bridgehead atoms. The van der Waals surface area contributed by atoms with Crippen molar-refractivity contribution in [1.29, 1.82) is 0 Å². The average Bonchev–Trinajstić information content (AvgIpc) is 3.07. The van der Waals surface area contributed by atoms with E-state index in [4.69, 9.17) is 15.6 Å². The summed E-state index contributed by atoms with van der Waals surface area (Å²) < 4.78 is 20.5. The zero-order valence-corrected chi connectivity index (χ0v) is 22.1. The van der Waals surface area contributed by atoms with Crippen molar-refractivity contribution in [3.05, 3.63) is 76.7 Å². The number of urea groups is 1. The molecule has 3 atom stereocenters. The van der Waals surface area contributed by atoms with Crippen LogP contribution >= 0.6 is 0 Å². The number of carboxylic acids is 1. The third-order valence-electron chi connectivity index (χ3n) is 6.69. The number of allylic oxidation sites excluding steroid dienone is 1. The highest BCUT2D eigenvalue weighted by atomic mass is 19.1. The Morgan fingerprint density at radius 1 is 1.05 bits per heavy atom. The van der Waals surface area contributed by atoms with Gasteiger partial charge in [-0.15, -0.1) is 0 Å². The first-order chi connectivity index (χ1) is 17.9. The number of hydrogen-bond acceptors (Lipinski definition) is 6. The molecule has 2 amide bonds. The number of carbonyl (C=O) groups excluding carboxylic acids is 1. The molecular formula is C28H36FN3O6. The highest BCUT2D eigenvalue weighted by Gasteiger charge is 2.54. The van der Waals surface area contributed by atoms with E-state index in [0.29, 0.717) is 11.4 Å². The number of hydrazine groups is 1. The van der Waals surface area contributed by atoms with Crippen LogP contribution in [0.25, 0.3) is 0 Å². The number of anilines is 1. The minimum absolute atomic E-state index is 0.138. The Hall–Kier alpha value is -3.47. The number of ether oxygens (including phenoxy) is 1. The second-order valence-electron chi connectivity index (χ2n) is 9.93. The van der Waals surface area contributed by atoms with Gasteiger partial charge in [-0.25, -0.2) is 19.2 Å². The third kappa shape index (κ3) is 6.15. The summed E-state index contributed by atoms with van der Waals surface area (Å²) in [4.78, 5) is 23.8. The van der Waals surface area contributed by atoms with Crippen molar-refractivity contribution in [2.24, 2.45) is 11.7 Å². The first-order valence-corrected chi connectivity index (χ1v) is 12.5. The van der Waals surface area contributed by atoms with E-state index in [0.717, 1.165) is 16.7 Å². The first kappa shape index (κ1) is 29.1. The van der Waals surface area contributed by atoms with Crippen LogP contribution in [-0.2, 0) is 16.0 Å². The van der Waals surface area contributed by atoms with Crippen LogP contribution < -0.4 is 10.7 Å². The summed E-state index contributed by atoms with van der Waals surface area (Å²) in [6.45, 7) is 7.34. The number of primary amides is 1. The molecule has 1 unspecified atom stereocenters. The number of carboxylic acid groups (broad SMARTS) is 1. The van der Waals surface area contributed by atoms with Gasteiger partial charge in [0.05, 0.1) is 30.9 Å². The molecule has 38 heavy (non-hydrogen) atoms. The van der Waals surface area contributed by atoms with Gasteiger partial charge >= 0.3 is 12.0 Å². The summed E-state index contributed by atoms with van der Waals surface area (Å²) in [7, 11) is 0. The normalized spacial score (nSPS) is 19.3. The lowest BCUT2D eigenvalue weighted by Crippen LogP contribution is -2.59. The lowest BCUT2D eigenvalue weighted by Gasteiger charge is -2.45. The summed E-state index contributed by atoms with van der Waals surface area (Å²) in [6, 6.07) is 12.5. The SMILES string of the molecule is CC1=C(C(C)C)C(Cc2ccccc2C)(OC[C@@H](O)C[C@@H](O)CC(=O)O)N(c2ccc(F)cc2)N1C(N)=O. The molecule has 0 aliphatic carbocycles. The van der Waals surface area contributed by atoms with E-state index >= 15 is 0 Å². The van der Waals surface area contributed by atoms with Gasteiger partial charge in [0.1, 0.15) is 5.82 Å². The molecule has 0 fully saturated rings. The van der Waals surface area contributed by atoms with Gasteiger partial charge in [-0.3, -0.25) is 4.79 Å². The van der Waals surface area contributed by atoms with Crippen LogP contribution in [0.15, 0.2) is 59.8 Å². The van der Waals surface area contributed by atoms with E-state index in [1.807, 2.05) is 45.0 Å². The van der Waals surface area contributed by atoms with Crippen molar-refractivity contribution in [3.8, 4) is 0 Å². The number of aliphatic carboxylic acids is 1. The number of nitrogens with zero attached hydrogens (tertiary/aromatic N) is 2. The summed E-state index contributed by atoms with van der Waals surface area (Å²) in [5.41, 5.74) is 8.11. The Kier molecular flexibility index (Phi) is 9.14. The van der Waals surface area contributed by atoms with Crippen LogP contribution in [0.3, 0.4) is 0 Å². The summed E-state index contributed by atoms with van der Waals surface area (Å²) in [6.07, 6.45) is -2.96. The molecule has 2 aromatic rings. The van der Waals surface area contributed by atoms with Crippen molar-refractivity contribution in [3.63, 3.8) is 0 Å². The van der Waals surface area contributed by atoms with Crippen LogP contribution in [0.1, 0.15) is 44.7 Å². The molecule has 206 valence electrons. The molecule has 3 rings (SSSR count). The van der Waals surface area contributed by atoms with Gasteiger partial charge in [-0.2, -0.15) is 0 Å². The van der Waals surface area contributed by atoms with Crippen molar-refractivity contribution >= 4 is 17.7 Å². The van der Waals surface area contributed by atoms with Crippen molar-refractivity contribution in [2.45, 2.75) is 64.9 Å². The lowest BCUT2D eigenvalue weighted by atomic mass is 9.85. The Labute approximate surface area is 221 Å². The maximum atomic E-state index is 13.9. The van der Waals surface area contributed by atoms with Crippen molar-refractivity contribution in [2.75, 3.05) is 11.6 Å². The number of benzene rings is 2. The standard InChI is InChI=1S/C28H36FN3O6/c1-17(2)26-19(4)31(27(30)37)32(22-11-9-21(29)10-12-22)28(26,15-20-8-6-5-7-18(20)3)38-16-24(34)13-23(33)14-25(35)36/h5-12,17,23-24,33-34H,13-16H2,1-4H3,(H2,30,37)(H,35,36)/t23-,24+,28?/m1/s1. The van der Waals surface area contributed by atoms with E-state index in [-0.39, 0.29) is 25.4 Å². The Bertz CT molecular complexity index is 1190. The summed E-state index contributed by atoms with van der Waals surface area (Å²) in [5.74, 6) is -1.78. The molecule has 9 nitrogen and oxygen atoms in total. The molecule has 0 radical (unpaired) electrons. The van der Waals surface area contributed by atoms with Gasteiger partial charge < -0.3 is 25.8 Å². The topological polar surface area (TPSA) is 137 Å². The highest BCUT2D eigenvalue weighted by molar-refractivity contribution is 5.79. The summed E-state index contributed by atoms with van der Waals surface area (Å²) in [5, 5.41) is 32.6. The van der Waals surface area contributed by atoms with Crippen LogP contribution in [0.5, 0.6) is 0 Å². The second-order valence-corrected chi connectivity index (χ2v) is 9.93. The molecule has 1 aliphatic rings. The molecule has 0 spiro atoms. The Balaban J connectivity index is 2.16. The number of carbonyl (C=O) groups is 2. The molecule has 0 saturated heterocycles. The smallest absolute Gasteiger partial charge is 0.338 e. The Morgan fingerprint density at radius 2 is 1.68 bits per heavy atom. The van der Waals surface area contributed by atoms with Gasteiger partial charge in [0.15, 0.2) is 5.72 Å². The number of halogens is 1. The van der Waals surface area contributed by atoms with Gasteiger partial charge in [0.2, 0.25) is 0 Å². The number of amides is 2. The van der Waals surface area contributed by atoms with E-state index in [2.05, 4.69) is 0 Å². The zero-order chi connectivity index (χ0) is 28.2. The fourth-order valence-electron chi connectivity index (χ4n) is 5.19. The Morgan fingerprint density at radius 3 is 2.24 bits per heavy atom. The molecule has 1 aliphatic heterocycles. The molecular weight excluding hydrogens is 493 g/mol. The minimum atomic E-state index is -1.37. The van der Waals surface area contributed by atoms with Crippen LogP contribution in [0, 0.1) is 18.7 Å². The molecule has 1 heterocycles. The van der Waals surface area contributed by atoms with Crippen LogP contribution in [0.2, 0.25) is 0 Å². The summed E-state index contributed by atoms with van der Waals surface area (Å²) >= 11 is 0. The predicted octanol–water partition coefficient (Wildman–Crippen LogP) is 3.72. The number of aliphatic hydroxyl groups is 2. The number of aryl methyl sites for hydroxylation is 1. The van der Waals surface area contributed by atoms with Crippen LogP contribution in [-0.4, -0.2) is 56.9 Å². The number of rotatable bonds is 11.